The zero-order valence-corrected chi connectivity index (χ0v) is 15.6. The topological polar surface area (TPSA) is 93.7 Å². The average Bonchev–Trinajstić information content (AvgIpc) is 3.53. The molecule has 0 atom stereocenters. The Morgan fingerprint density at radius 3 is 2.43 bits per heavy atom. The van der Waals surface area contributed by atoms with E-state index in [0.29, 0.717) is 17.0 Å². The Morgan fingerprint density at radius 1 is 1.04 bits per heavy atom. The van der Waals surface area contributed by atoms with Crippen LogP contribution in [0.1, 0.15) is 35.7 Å². The van der Waals surface area contributed by atoms with Crippen molar-refractivity contribution in [1.29, 1.82) is 0 Å². The van der Waals surface area contributed by atoms with Gasteiger partial charge in [-0.15, -0.1) is 0 Å². The maximum absolute atomic E-state index is 12.4. The molecule has 0 heterocycles. The summed E-state index contributed by atoms with van der Waals surface area (Å²) in [5, 5.41) is 5.75. The number of carbonyl (C=O) groups excluding carboxylic acids is 3. The van der Waals surface area contributed by atoms with Crippen molar-refractivity contribution in [2.45, 2.75) is 26.3 Å². The Kier molecular flexibility index (Phi) is 6.26. The molecule has 0 aliphatic heterocycles. The van der Waals surface area contributed by atoms with Crippen molar-refractivity contribution in [2.75, 3.05) is 11.9 Å². The Bertz CT molecular complexity index is 859. The van der Waals surface area contributed by atoms with Gasteiger partial charge in [-0.2, -0.15) is 0 Å². The second-order valence-electron chi connectivity index (χ2n) is 6.41. The van der Waals surface area contributed by atoms with Gasteiger partial charge in [0.25, 0.3) is 5.91 Å². The van der Waals surface area contributed by atoms with Crippen LogP contribution in [0.25, 0.3) is 0 Å². The van der Waals surface area contributed by atoms with Crippen LogP contribution in [0, 0.1) is 5.92 Å². The first-order valence-electron chi connectivity index (χ1n) is 9.18. The monoisotopic (exact) mass is 382 g/mol. The normalized spacial score (nSPS) is 12.8. The molecule has 28 heavy (non-hydrogen) atoms. The number of benzene rings is 2. The predicted octanol–water partition coefficient (Wildman–Crippen LogP) is 3.50. The number of para-hydroxylation sites is 1. The van der Waals surface area contributed by atoms with Crippen molar-refractivity contribution < 1.29 is 23.9 Å². The number of ether oxygens (including phenoxy) is 2. The maximum atomic E-state index is 12.4. The van der Waals surface area contributed by atoms with Gasteiger partial charge in [0.05, 0.1) is 6.61 Å². The average molecular weight is 382 g/mol. The molecule has 0 spiro atoms. The minimum absolute atomic E-state index is 0.0240. The fourth-order valence-electron chi connectivity index (χ4n) is 2.57. The minimum atomic E-state index is -0.787. The van der Waals surface area contributed by atoms with Gasteiger partial charge >= 0.3 is 6.16 Å². The van der Waals surface area contributed by atoms with E-state index in [4.69, 9.17) is 9.47 Å². The van der Waals surface area contributed by atoms with Crippen molar-refractivity contribution in [1.82, 2.24) is 5.32 Å². The highest BCUT2D eigenvalue weighted by Crippen LogP contribution is 2.30. The fraction of sp³-hybridized carbons (Fsp3) is 0.286. The maximum Gasteiger partial charge on any atom is 0.513 e. The molecule has 1 fully saturated rings. The van der Waals surface area contributed by atoms with E-state index in [2.05, 4.69) is 10.6 Å². The predicted molar refractivity (Wildman–Crippen MR) is 103 cm³/mol. The third-order valence-corrected chi connectivity index (χ3v) is 4.24. The number of hydrogen-bond acceptors (Lipinski definition) is 5. The van der Waals surface area contributed by atoms with E-state index in [1.54, 1.807) is 19.1 Å². The number of hydrogen-bond donors (Lipinski definition) is 2. The van der Waals surface area contributed by atoms with E-state index in [1.165, 1.54) is 12.1 Å². The Balaban J connectivity index is 1.56. The van der Waals surface area contributed by atoms with Crippen LogP contribution in [0.3, 0.4) is 0 Å². The summed E-state index contributed by atoms with van der Waals surface area (Å²) in [5.74, 6) is 0.156. The van der Waals surface area contributed by atoms with E-state index in [1.807, 2.05) is 24.3 Å². The molecule has 2 aromatic rings. The standard InChI is InChI=1S/C21H22N2O5/c1-2-27-21(26)28-17-11-9-14(10-12-17)19(24)22-13-16-5-3-4-6-18(16)23-20(25)15-7-8-15/h3-6,9-12,15H,2,7-8,13H2,1H3,(H,22,24)(H,23,25). The Morgan fingerprint density at radius 2 is 1.75 bits per heavy atom. The zero-order chi connectivity index (χ0) is 19.9. The SMILES string of the molecule is CCOC(=O)Oc1ccc(C(=O)NCc2ccccc2NC(=O)C2CC2)cc1. The molecular weight excluding hydrogens is 360 g/mol. The van der Waals surface area contributed by atoms with E-state index in [-0.39, 0.29) is 30.9 Å². The van der Waals surface area contributed by atoms with E-state index in [9.17, 15) is 14.4 Å². The lowest BCUT2D eigenvalue weighted by Crippen LogP contribution is -2.24. The van der Waals surface area contributed by atoms with Gasteiger partial charge in [-0.25, -0.2) is 4.79 Å². The summed E-state index contributed by atoms with van der Waals surface area (Å²) < 4.78 is 9.66. The van der Waals surface area contributed by atoms with Crippen LogP contribution < -0.4 is 15.4 Å². The third-order valence-electron chi connectivity index (χ3n) is 4.24. The molecule has 2 N–H and O–H groups in total. The fourth-order valence-corrected chi connectivity index (χ4v) is 2.57. The molecule has 1 aliphatic carbocycles. The molecule has 0 bridgehead atoms. The molecule has 7 heteroatoms. The molecule has 0 unspecified atom stereocenters. The lowest BCUT2D eigenvalue weighted by molar-refractivity contribution is -0.117. The summed E-state index contributed by atoms with van der Waals surface area (Å²) in [5.41, 5.74) is 1.96. The molecule has 1 saturated carbocycles. The van der Waals surface area contributed by atoms with Gasteiger partial charge in [-0.1, -0.05) is 18.2 Å². The van der Waals surface area contributed by atoms with Crippen molar-refractivity contribution in [2.24, 2.45) is 5.92 Å². The highest BCUT2D eigenvalue weighted by molar-refractivity contribution is 5.96. The van der Waals surface area contributed by atoms with Crippen molar-refractivity contribution in [3.8, 4) is 5.75 Å². The molecule has 146 valence electrons. The highest BCUT2D eigenvalue weighted by Gasteiger charge is 2.29. The lowest BCUT2D eigenvalue weighted by atomic mass is 10.1. The molecule has 2 aromatic carbocycles. The molecule has 0 aromatic heterocycles. The van der Waals surface area contributed by atoms with Crippen LogP contribution in [0.5, 0.6) is 5.75 Å². The second-order valence-corrected chi connectivity index (χ2v) is 6.41. The quantitative estimate of drug-likeness (QED) is 0.565. The third kappa shape index (κ3) is 5.33. The van der Waals surface area contributed by atoms with Crippen LogP contribution >= 0.6 is 0 Å². The molecule has 7 nitrogen and oxygen atoms in total. The van der Waals surface area contributed by atoms with Gasteiger partial charge in [0, 0.05) is 23.7 Å². The van der Waals surface area contributed by atoms with E-state index < -0.39 is 6.16 Å². The molecule has 0 radical (unpaired) electrons. The zero-order valence-electron chi connectivity index (χ0n) is 15.6. The molecule has 3 rings (SSSR count). The van der Waals surface area contributed by atoms with Crippen LogP contribution in [0.4, 0.5) is 10.5 Å². The largest absolute Gasteiger partial charge is 0.513 e. The summed E-state index contributed by atoms with van der Waals surface area (Å²) in [6, 6.07) is 13.6. The lowest BCUT2D eigenvalue weighted by Gasteiger charge is -2.12. The first-order chi connectivity index (χ1) is 13.6. The number of amides is 2. The Hall–Kier alpha value is -3.35. The summed E-state index contributed by atoms with van der Waals surface area (Å²) in [4.78, 5) is 35.7. The van der Waals surface area contributed by atoms with Crippen molar-refractivity contribution in [3.63, 3.8) is 0 Å². The summed E-state index contributed by atoms with van der Waals surface area (Å²) >= 11 is 0. The summed E-state index contributed by atoms with van der Waals surface area (Å²) in [7, 11) is 0. The van der Waals surface area contributed by atoms with Gasteiger partial charge in [-0.05, 0) is 55.7 Å². The smallest absolute Gasteiger partial charge is 0.434 e. The van der Waals surface area contributed by atoms with E-state index >= 15 is 0 Å². The van der Waals surface area contributed by atoms with Crippen LogP contribution in [0.15, 0.2) is 48.5 Å². The van der Waals surface area contributed by atoms with Crippen molar-refractivity contribution >= 4 is 23.7 Å². The summed E-state index contributed by atoms with van der Waals surface area (Å²) in [6.45, 7) is 2.19. The van der Waals surface area contributed by atoms with Crippen LogP contribution in [0.2, 0.25) is 0 Å². The first kappa shape index (κ1) is 19.4. The van der Waals surface area contributed by atoms with E-state index in [0.717, 1.165) is 18.4 Å². The molecule has 2 amide bonds. The first-order valence-corrected chi connectivity index (χ1v) is 9.18. The summed E-state index contributed by atoms with van der Waals surface area (Å²) in [6.07, 6.45) is 1.07. The minimum Gasteiger partial charge on any atom is -0.434 e. The van der Waals surface area contributed by atoms with Gasteiger partial charge in [0.1, 0.15) is 5.75 Å². The van der Waals surface area contributed by atoms with Crippen LogP contribution in [-0.4, -0.2) is 24.6 Å². The molecule has 0 saturated heterocycles. The second kappa shape index (κ2) is 9.03. The van der Waals surface area contributed by atoms with Gasteiger partial charge in [0.15, 0.2) is 0 Å². The van der Waals surface area contributed by atoms with Crippen LogP contribution in [-0.2, 0) is 16.1 Å². The Labute approximate surface area is 163 Å². The number of carbonyl (C=O) groups is 3. The van der Waals surface area contributed by atoms with Gasteiger partial charge < -0.3 is 20.1 Å². The number of nitrogens with one attached hydrogen (secondary N) is 2. The number of rotatable bonds is 7. The number of anilines is 1. The van der Waals surface area contributed by atoms with Crippen molar-refractivity contribution in [3.05, 3.63) is 59.7 Å². The molecule has 1 aliphatic rings. The highest BCUT2D eigenvalue weighted by atomic mass is 16.7. The van der Waals surface area contributed by atoms with Gasteiger partial charge in [-0.3, -0.25) is 9.59 Å². The van der Waals surface area contributed by atoms with Gasteiger partial charge in [0.2, 0.25) is 5.91 Å². The molecular formula is C21H22N2O5.